The van der Waals surface area contributed by atoms with Crippen LogP contribution in [-0.4, -0.2) is 69.4 Å². The lowest BCUT2D eigenvalue weighted by Crippen LogP contribution is -2.41. The minimum atomic E-state index is -4.54. The lowest BCUT2D eigenvalue weighted by Gasteiger charge is -2.32. The molecule has 0 amide bonds. The zero-order valence-electron chi connectivity index (χ0n) is 36.0. The summed E-state index contributed by atoms with van der Waals surface area (Å²) in [5, 5.41) is 9.92. The second-order valence-corrected chi connectivity index (χ2v) is 16.7. The summed E-state index contributed by atoms with van der Waals surface area (Å²) in [6.07, 6.45) is -5.92. The van der Waals surface area contributed by atoms with Crippen LogP contribution < -0.4 is 5.46 Å². The van der Waals surface area contributed by atoms with Crippen LogP contribution in [-0.2, 0) is 21.7 Å². The standard InChI is InChI=1S/C20H13F3N4O.C19H19BF3N3O2.C7H6BrNO/c1-12(28)15-4-2-5-16(25-15)13-8-9-14-11-24-27(17(14)10-13)19-7-3-6-18(26-19)20(21,22)23;1-17(2)18(3,4)28-20(27-17)13-9-8-12-11-24-26(14(12)10-13)16-7-5-6-15(25-16)19(21,22)23;1-5(10)6-3-2-4-7(8)9-6/h2-11H,1H3;5-11H,1-4H3;2-4H,1H3. The van der Waals surface area contributed by atoms with Gasteiger partial charge in [-0.25, -0.2) is 29.3 Å². The van der Waals surface area contributed by atoms with Crippen molar-refractivity contribution in [2.24, 2.45) is 0 Å². The first-order valence-corrected chi connectivity index (χ1v) is 20.8. The van der Waals surface area contributed by atoms with E-state index in [9.17, 15) is 35.9 Å². The van der Waals surface area contributed by atoms with Crippen LogP contribution in [0.15, 0.2) is 126 Å². The molecule has 7 heterocycles. The van der Waals surface area contributed by atoms with E-state index in [1.165, 1.54) is 47.5 Å². The molecule has 1 aliphatic rings. The molecule has 12 nitrogen and oxygen atoms in total. The van der Waals surface area contributed by atoms with Gasteiger partial charge >= 0.3 is 19.5 Å². The monoisotopic (exact) mass is 970 g/mol. The molecule has 0 N–H and O–H groups in total. The largest absolute Gasteiger partial charge is 0.494 e. The van der Waals surface area contributed by atoms with E-state index in [-0.39, 0.29) is 23.2 Å². The van der Waals surface area contributed by atoms with Crippen LogP contribution in [0.2, 0.25) is 0 Å². The Kier molecular flexibility index (Phi) is 13.1. The summed E-state index contributed by atoms with van der Waals surface area (Å²) in [5.74, 6) is -0.00857. The third-order valence-corrected chi connectivity index (χ3v) is 11.1. The minimum Gasteiger partial charge on any atom is -0.399 e. The first-order valence-electron chi connectivity index (χ1n) is 20.0. The molecule has 0 aliphatic carbocycles. The summed E-state index contributed by atoms with van der Waals surface area (Å²) in [4.78, 5) is 38.0. The van der Waals surface area contributed by atoms with Gasteiger partial charge in [-0.05, 0) is 110 Å². The quantitative estimate of drug-likeness (QED) is 0.0685. The highest BCUT2D eigenvalue weighted by Gasteiger charge is 2.51. The molecule has 0 saturated carbocycles. The molecule has 1 aliphatic heterocycles. The van der Waals surface area contributed by atoms with Crippen molar-refractivity contribution >= 4 is 61.9 Å². The number of Topliss-reactive ketones (excluding diaryl/α,β-unsaturated/α-hetero) is 2. The molecule has 0 radical (unpaired) electrons. The number of benzene rings is 2. The fraction of sp³-hybridized carbons (Fsp3) is 0.217. The maximum Gasteiger partial charge on any atom is 0.494 e. The third kappa shape index (κ3) is 10.4. The Hall–Kier alpha value is -6.64. The average molecular weight is 972 g/mol. The smallest absolute Gasteiger partial charge is 0.399 e. The van der Waals surface area contributed by atoms with Gasteiger partial charge in [0, 0.05) is 30.2 Å². The molecule has 2 aromatic carbocycles. The maximum atomic E-state index is 13.0. The summed E-state index contributed by atoms with van der Waals surface area (Å²) >= 11 is 3.17. The molecule has 66 heavy (non-hydrogen) atoms. The molecule has 1 saturated heterocycles. The van der Waals surface area contributed by atoms with Crippen molar-refractivity contribution in [1.29, 1.82) is 0 Å². The van der Waals surface area contributed by atoms with E-state index >= 15 is 0 Å². The average Bonchev–Trinajstić information content (AvgIpc) is 3.96. The first kappa shape index (κ1) is 47.3. The second-order valence-electron chi connectivity index (χ2n) is 15.9. The number of hydrogen-bond donors (Lipinski definition) is 0. The van der Waals surface area contributed by atoms with Crippen LogP contribution in [0.5, 0.6) is 0 Å². The van der Waals surface area contributed by atoms with E-state index in [2.05, 4.69) is 46.1 Å². The van der Waals surface area contributed by atoms with Gasteiger partial charge in [0.15, 0.2) is 23.2 Å². The number of rotatable bonds is 6. The van der Waals surface area contributed by atoms with Crippen LogP contribution in [0.1, 0.15) is 73.9 Å². The van der Waals surface area contributed by atoms with Gasteiger partial charge in [-0.1, -0.05) is 48.5 Å². The zero-order valence-corrected chi connectivity index (χ0v) is 37.6. The number of pyridine rings is 4. The van der Waals surface area contributed by atoms with Crippen molar-refractivity contribution < 1.29 is 45.2 Å². The number of alkyl halides is 6. The number of ketones is 2. The first-order chi connectivity index (χ1) is 31.0. The van der Waals surface area contributed by atoms with E-state index in [0.29, 0.717) is 38.3 Å². The summed E-state index contributed by atoms with van der Waals surface area (Å²) in [5.41, 5.74) is 1.17. The molecular formula is C46H38BBrF6N8O4. The van der Waals surface area contributed by atoms with Crippen molar-refractivity contribution in [3.8, 4) is 22.9 Å². The van der Waals surface area contributed by atoms with Crippen LogP contribution >= 0.6 is 15.9 Å². The van der Waals surface area contributed by atoms with E-state index < -0.39 is 42.1 Å². The Morgan fingerprint density at radius 1 is 0.591 bits per heavy atom. The molecule has 0 bridgehead atoms. The van der Waals surface area contributed by atoms with Gasteiger partial charge in [0.1, 0.15) is 27.4 Å². The summed E-state index contributed by atoms with van der Waals surface area (Å²) in [6, 6.07) is 28.7. The van der Waals surface area contributed by atoms with Gasteiger partial charge in [0.05, 0.1) is 40.3 Å². The zero-order chi connectivity index (χ0) is 47.8. The van der Waals surface area contributed by atoms with E-state index in [0.717, 1.165) is 28.4 Å². The van der Waals surface area contributed by atoms with E-state index in [4.69, 9.17) is 9.31 Å². The van der Waals surface area contributed by atoms with Crippen molar-refractivity contribution in [2.75, 3.05) is 0 Å². The highest BCUT2D eigenvalue weighted by atomic mass is 79.9. The molecule has 9 rings (SSSR count). The molecule has 20 heteroatoms. The molecule has 8 aromatic rings. The Morgan fingerprint density at radius 2 is 1.06 bits per heavy atom. The van der Waals surface area contributed by atoms with Crippen molar-refractivity contribution in [2.45, 2.75) is 65.1 Å². The number of carbonyl (C=O) groups is 2. The Balaban J connectivity index is 0.000000163. The Bertz CT molecular complexity index is 3080. The number of halogens is 7. The fourth-order valence-electron chi connectivity index (χ4n) is 6.50. The number of fused-ring (bicyclic) bond motifs is 2. The normalized spacial score (nSPS) is 14.3. The lowest BCUT2D eigenvalue weighted by atomic mass is 9.79. The predicted molar refractivity (Wildman–Crippen MR) is 239 cm³/mol. The number of nitrogens with zero attached hydrogens (tertiary/aromatic N) is 8. The van der Waals surface area contributed by atoms with Gasteiger partial charge in [-0.2, -0.15) is 36.5 Å². The fourth-order valence-corrected chi connectivity index (χ4v) is 6.84. The second kappa shape index (κ2) is 18.3. The Morgan fingerprint density at radius 3 is 1.55 bits per heavy atom. The highest BCUT2D eigenvalue weighted by Crippen LogP contribution is 2.37. The highest BCUT2D eigenvalue weighted by molar-refractivity contribution is 9.10. The SMILES string of the molecule is CC(=O)c1cccc(-c2ccc3cnn(-c4cccc(C(F)(F)F)n4)c3c2)n1.CC(=O)c1cccc(Br)n1.CC1(C)OB(c2ccc3cnn(-c4cccc(C(F)(F)F)n4)c3c2)OC1(C)C. The van der Waals surface area contributed by atoms with Gasteiger partial charge < -0.3 is 9.31 Å². The maximum absolute atomic E-state index is 13.0. The van der Waals surface area contributed by atoms with Crippen molar-refractivity contribution in [3.63, 3.8) is 0 Å². The third-order valence-electron chi connectivity index (χ3n) is 10.7. The van der Waals surface area contributed by atoms with E-state index in [1.807, 2.05) is 52.0 Å². The van der Waals surface area contributed by atoms with Crippen molar-refractivity contribution in [3.05, 3.63) is 149 Å². The number of carbonyl (C=O) groups excluding carboxylic acids is 2. The topological polar surface area (TPSA) is 140 Å². The molecule has 0 unspecified atom stereocenters. The van der Waals surface area contributed by atoms with Gasteiger partial charge in [-0.15, -0.1) is 0 Å². The van der Waals surface area contributed by atoms with E-state index in [1.54, 1.807) is 60.9 Å². The van der Waals surface area contributed by atoms with Gasteiger partial charge in [0.25, 0.3) is 0 Å². The van der Waals surface area contributed by atoms with Crippen LogP contribution in [0, 0.1) is 0 Å². The Labute approximate surface area is 382 Å². The van der Waals surface area contributed by atoms with Gasteiger partial charge in [0.2, 0.25) is 0 Å². The molecule has 1 fully saturated rings. The summed E-state index contributed by atoms with van der Waals surface area (Å²) < 4.78 is 93.6. The van der Waals surface area contributed by atoms with Gasteiger partial charge in [-0.3, -0.25) is 9.59 Å². The lowest BCUT2D eigenvalue weighted by molar-refractivity contribution is -0.141. The molecule has 0 atom stereocenters. The summed E-state index contributed by atoms with van der Waals surface area (Å²) in [6.45, 7) is 10.8. The summed E-state index contributed by atoms with van der Waals surface area (Å²) in [7, 11) is -0.577. The van der Waals surface area contributed by atoms with Crippen molar-refractivity contribution in [1.82, 2.24) is 39.5 Å². The van der Waals surface area contributed by atoms with Crippen LogP contribution in [0.3, 0.4) is 0 Å². The predicted octanol–water partition coefficient (Wildman–Crippen LogP) is 10.5. The number of hydrogen-bond acceptors (Lipinski definition) is 10. The minimum absolute atomic E-state index is 0.0127. The molecular weight excluding hydrogens is 933 g/mol. The van der Waals surface area contributed by atoms with Crippen LogP contribution in [0.4, 0.5) is 26.3 Å². The number of aromatic nitrogens is 8. The molecule has 0 spiro atoms. The molecule has 6 aromatic heterocycles. The van der Waals surface area contributed by atoms with Crippen LogP contribution in [0.25, 0.3) is 44.7 Å². The molecule has 338 valence electrons.